The van der Waals surface area contributed by atoms with Gasteiger partial charge in [0, 0.05) is 12.8 Å². The van der Waals surface area contributed by atoms with Gasteiger partial charge in [0.2, 0.25) is 0 Å². The highest BCUT2D eigenvalue weighted by Gasteiger charge is 2.69. The maximum absolute atomic E-state index is 11.0. The Hall–Kier alpha value is -0.530. The predicted octanol–water partition coefficient (Wildman–Crippen LogP) is 2.76. The molecule has 2 rings (SSSR count). The highest BCUT2D eigenvalue weighted by atomic mass is 16.6. The largest absolute Gasteiger partial charge is 0.459 e. The first-order valence-electron chi connectivity index (χ1n) is 5.60. The molecular formula is C12H20O2. The van der Waals surface area contributed by atoms with Crippen molar-refractivity contribution in [2.75, 3.05) is 0 Å². The molecule has 0 unspecified atom stereocenters. The van der Waals surface area contributed by atoms with Crippen molar-refractivity contribution in [1.82, 2.24) is 0 Å². The highest BCUT2D eigenvalue weighted by molar-refractivity contribution is 5.66. The van der Waals surface area contributed by atoms with E-state index in [0.717, 1.165) is 12.3 Å². The van der Waals surface area contributed by atoms with E-state index in [4.69, 9.17) is 4.74 Å². The Morgan fingerprint density at radius 3 is 2.43 bits per heavy atom. The van der Waals surface area contributed by atoms with Crippen LogP contribution in [0.25, 0.3) is 0 Å². The summed E-state index contributed by atoms with van der Waals surface area (Å²) >= 11 is 0. The van der Waals surface area contributed by atoms with Crippen molar-refractivity contribution in [3.63, 3.8) is 0 Å². The van der Waals surface area contributed by atoms with E-state index in [2.05, 4.69) is 20.8 Å². The zero-order valence-corrected chi connectivity index (χ0v) is 9.59. The molecule has 2 aliphatic carbocycles. The van der Waals surface area contributed by atoms with E-state index in [9.17, 15) is 4.79 Å². The third-order valence-corrected chi connectivity index (χ3v) is 4.47. The molecule has 14 heavy (non-hydrogen) atoms. The van der Waals surface area contributed by atoms with Crippen LogP contribution in [0.15, 0.2) is 0 Å². The van der Waals surface area contributed by atoms with Crippen LogP contribution in [-0.4, -0.2) is 11.6 Å². The second-order valence-corrected chi connectivity index (χ2v) is 5.55. The Morgan fingerprint density at radius 2 is 2.07 bits per heavy atom. The van der Waals surface area contributed by atoms with Crippen LogP contribution in [0.3, 0.4) is 0 Å². The van der Waals surface area contributed by atoms with Gasteiger partial charge in [-0.25, -0.2) is 0 Å². The van der Waals surface area contributed by atoms with Crippen LogP contribution in [0.2, 0.25) is 0 Å². The molecule has 2 saturated carbocycles. The van der Waals surface area contributed by atoms with E-state index in [1.807, 2.05) is 0 Å². The maximum atomic E-state index is 11.0. The van der Waals surface area contributed by atoms with Crippen LogP contribution in [0.1, 0.15) is 47.0 Å². The fraction of sp³-hybridized carbons (Fsp3) is 0.917. The summed E-state index contributed by atoms with van der Waals surface area (Å²) in [6.07, 6.45) is 3.54. The van der Waals surface area contributed by atoms with Gasteiger partial charge in [-0.2, -0.15) is 0 Å². The number of ether oxygens (including phenoxy) is 1. The van der Waals surface area contributed by atoms with Gasteiger partial charge < -0.3 is 4.74 Å². The van der Waals surface area contributed by atoms with Gasteiger partial charge >= 0.3 is 5.97 Å². The zero-order valence-electron chi connectivity index (χ0n) is 9.59. The third-order valence-electron chi connectivity index (χ3n) is 4.47. The lowest BCUT2D eigenvalue weighted by Gasteiger charge is -2.25. The van der Waals surface area contributed by atoms with Crippen molar-refractivity contribution < 1.29 is 9.53 Å². The molecule has 0 bridgehead atoms. The lowest BCUT2D eigenvalue weighted by Crippen LogP contribution is -2.31. The topological polar surface area (TPSA) is 26.3 Å². The molecule has 0 aromatic heterocycles. The van der Waals surface area contributed by atoms with Crippen molar-refractivity contribution in [2.45, 2.75) is 52.6 Å². The molecule has 0 radical (unpaired) electrons. The van der Waals surface area contributed by atoms with Gasteiger partial charge in [-0.1, -0.05) is 13.8 Å². The van der Waals surface area contributed by atoms with E-state index in [1.165, 1.54) is 19.8 Å². The summed E-state index contributed by atoms with van der Waals surface area (Å²) < 4.78 is 5.49. The maximum Gasteiger partial charge on any atom is 0.303 e. The molecule has 0 aromatic rings. The Bertz CT molecular complexity index is 271. The Labute approximate surface area is 86.0 Å². The van der Waals surface area contributed by atoms with Crippen LogP contribution < -0.4 is 0 Å². The van der Waals surface area contributed by atoms with Crippen molar-refractivity contribution in [3.8, 4) is 0 Å². The molecule has 0 aliphatic heterocycles. The van der Waals surface area contributed by atoms with Crippen molar-refractivity contribution >= 4 is 5.97 Å². The first-order valence-corrected chi connectivity index (χ1v) is 5.60. The van der Waals surface area contributed by atoms with Crippen molar-refractivity contribution in [3.05, 3.63) is 0 Å². The summed E-state index contributed by atoms with van der Waals surface area (Å²) in [4.78, 5) is 11.0. The number of carbonyl (C=O) groups is 1. The Morgan fingerprint density at radius 1 is 1.43 bits per heavy atom. The van der Waals surface area contributed by atoms with E-state index < -0.39 is 0 Å². The average Bonchev–Trinajstić information content (AvgIpc) is 2.70. The highest BCUT2D eigenvalue weighted by Crippen LogP contribution is 2.71. The molecule has 0 amide bonds. The lowest BCUT2D eigenvalue weighted by molar-refractivity contribution is -0.156. The molecule has 2 heteroatoms. The van der Waals surface area contributed by atoms with Crippen LogP contribution in [0.5, 0.6) is 0 Å². The minimum Gasteiger partial charge on any atom is -0.459 e. The minimum atomic E-state index is -0.157. The van der Waals surface area contributed by atoms with Gasteiger partial charge in [-0.15, -0.1) is 0 Å². The lowest BCUT2D eigenvalue weighted by atomic mass is 9.90. The second-order valence-electron chi connectivity index (χ2n) is 5.55. The molecular weight excluding hydrogens is 176 g/mol. The summed E-state index contributed by atoms with van der Waals surface area (Å²) in [5.41, 5.74) is 0.348. The molecule has 0 saturated heterocycles. The average molecular weight is 196 g/mol. The second kappa shape index (κ2) is 2.74. The SMILES string of the molecule is CC(=O)O[C@@]1(C)CC[C@@]2(C(C)C)C[C@H]21. The fourth-order valence-electron chi connectivity index (χ4n) is 3.45. The standard InChI is InChI=1S/C12H20O2/c1-8(2)12-6-5-11(4,10(12)7-12)14-9(3)13/h8,10H,5-7H2,1-4H3/t10-,11-,12-/m0/s1. The smallest absolute Gasteiger partial charge is 0.303 e. The first-order chi connectivity index (χ1) is 6.41. The van der Waals surface area contributed by atoms with Crippen LogP contribution in [0, 0.1) is 17.3 Å². The number of hydrogen-bond donors (Lipinski definition) is 0. The summed E-state index contributed by atoms with van der Waals surface area (Å²) in [7, 11) is 0. The van der Waals surface area contributed by atoms with Crippen molar-refractivity contribution in [1.29, 1.82) is 0 Å². The van der Waals surface area contributed by atoms with E-state index in [-0.39, 0.29) is 11.6 Å². The first kappa shape index (κ1) is 10.0. The van der Waals surface area contributed by atoms with E-state index in [1.54, 1.807) is 0 Å². The number of esters is 1. The molecule has 80 valence electrons. The quantitative estimate of drug-likeness (QED) is 0.635. The number of fused-ring (bicyclic) bond motifs is 1. The molecule has 0 aromatic carbocycles. The molecule has 0 spiro atoms. The van der Waals surface area contributed by atoms with E-state index >= 15 is 0 Å². The van der Waals surface area contributed by atoms with Gasteiger partial charge in [0.05, 0.1) is 0 Å². The van der Waals surface area contributed by atoms with Gasteiger partial charge in [0.15, 0.2) is 0 Å². The number of rotatable bonds is 2. The molecule has 0 heterocycles. The summed E-state index contributed by atoms with van der Waals surface area (Å²) in [6, 6.07) is 0. The minimum absolute atomic E-state index is 0.126. The monoisotopic (exact) mass is 196 g/mol. The predicted molar refractivity (Wildman–Crippen MR) is 54.8 cm³/mol. The Balaban J connectivity index is 2.10. The van der Waals surface area contributed by atoms with Gasteiger partial charge in [0.1, 0.15) is 5.60 Å². The van der Waals surface area contributed by atoms with Gasteiger partial charge in [0.25, 0.3) is 0 Å². The van der Waals surface area contributed by atoms with Crippen LogP contribution >= 0.6 is 0 Å². The summed E-state index contributed by atoms with van der Waals surface area (Å²) in [6.45, 7) is 8.21. The summed E-state index contributed by atoms with van der Waals surface area (Å²) in [5.74, 6) is 1.22. The third kappa shape index (κ3) is 1.19. The molecule has 3 atom stereocenters. The normalized spacial score (nSPS) is 45.1. The Kier molecular flexibility index (Phi) is 1.96. The molecule has 2 nitrogen and oxygen atoms in total. The van der Waals surface area contributed by atoms with Crippen LogP contribution in [0.4, 0.5) is 0 Å². The van der Waals surface area contributed by atoms with Crippen molar-refractivity contribution in [2.24, 2.45) is 17.3 Å². The molecule has 2 aliphatic rings. The van der Waals surface area contributed by atoms with Gasteiger partial charge in [-0.3, -0.25) is 4.79 Å². The zero-order chi connectivity index (χ0) is 10.6. The molecule has 2 fully saturated rings. The van der Waals surface area contributed by atoms with Crippen LogP contribution in [-0.2, 0) is 9.53 Å². The van der Waals surface area contributed by atoms with Gasteiger partial charge in [-0.05, 0) is 37.5 Å². The number of carbonyl (C=O) groups excluding carboxylic acids is 1. The molecule has 0 N–H and O–H groups in total. The number of hydrogen-bond acceptors (Lipinski definition) is 2. The fourth-order valence-corrected chi connectivity index (χ4v) is 3.45. The summed E-state index contributed by atoms with van der Waals surface area (Å²) in [5, 5.41) is 0. The van der Waals surface area contributed by atoms with E-state index in [0.29, 0.717) is 11.3 Å².